The van der Waals surface area contributed by atoms with Gasteiger partial charge in [-0.1, -0.05) is 11.6 Å². The van der Waals surface area contributed by atoms with Gasteiger partial charge in [0.1, 0.15) is 11.6 Å². The molecule has 0 bridgehead atoms. The molecule has 3 heterocycles. The van der Waals surface area contributed by atoms with Crippen molar-refractivity contribution in [2.24, 2.45) is 0 Å². The SMILES string of the molecule is Cc1nc2c3c(nn2c(C)c1Cl)CN(C(=O)c1ccc(F)cc1O[C@H]1CC[C@@H](N(C)CC(C)O)CC1)C3. The Morgan fingerprint density at radius 1 is 1.27 bits per heavy atom. The molecular weight excluding hydrogens is 497 g/mol. The number of carbonyl (C=O) groups is 1. The van der Waals surface area contributed by atoms with Gasteiger partial charge in [-0.05, 0) is 65.6 Å². The molecule has 37 heavy (non-hydrogen) atoms. The third kappa shape index (κ3) is 5.04. The fourth-order valence-corrected chi connectivity index (χ4v) is 5.67. The van der Waals surface area contributed by atoms with E-state index in [1.54, 1.807) is 16.3 Å². The zero-order chi connectivity index (χ0) is 26.4. The second-order valence-electron chi connectivity index (χ2n) is 10.4. The lowest BCUT2D eigenvalue weighted by molar-refractivity contribution is 0.0677. The molecule has 1 saturated carbocycles. The number of hydrogen-bond donors (Lipinski definition) is 1. The molecule has 0 spiro atoms. The molecule has 2 aliphatic rings. The van der Waals surface area contributed by atoms with Gasteiger partial charge >= 0.3 is 0 Å². The molecular formula is C27H33ClFN5O3. The van der Waals surface area contributed by atoms with Crippen LogP contribution >= 0.6 is 11.6 Å². The molecule has 10 heteroatoms. The predicted molar refractivity (Wildman–Crippen MR) is 138 cm³/mol. The largest absolute Gasteiger partial charge is 0.489 e. The second-order valence-corrected chi connectivity index (χ2v) is 10.8. The number of aliphatic hydroxyl groups excluding tert-OH is 1. The Morgan fingerprint density at radius 3 is 2.70 bits per heavy atom. The number of nitrogens with zero attached hydrogens (tertiary/aromatic N) is 5. The van der Waals surface area contributed by atoms with Crippen molar-refractivity contribution in [1.29, 1.82) is 0 Å². The third-order valence-electron chi connectivity index (χ3n) is 7.53. The fraction of sp³-hybridized carbons (Fsp3) is 0.519. The summed E-state index contributed by atoms with van der Waals surface area (Å²) in [4.78, 5) is 22.1. The maximum Gasteiger partial charge on any atom is 0.258 e. The molecule has 1 amide bonds. The highest BCUT2D eigenvalue weighted by Crippen LogP contribution is 2.33. The molecule has 1 N–H and O–H groups in total. The molecule has 8 nitrogen and oxygen atoms in total. The van der Waals surface area contributed by atoms with Gasteiger partial charge in [-0.2, -0.15) is 5.10 Å². The third-order valence-corrected chi connectivity index (χ3v) is 8.08. The van der Waals surface area contributed by atoms with Gasteiger partial charge in [0.25, 0.3) is 5.91 Å². The summed E-state index contributed by atoms with van der Waals surface area (Å²) in [6, 6.07) is 4.48. The van der Waals surface area contributed by atoms with Crippen molar-refractivity contribution in [2.75, 3.05) is 13.6 Å². The van der Waals surface area contributed by atoms with Gasteiger partial charge in [0.05, 0.1) is 53.0 Å². The summed E-state index contributed by atoms with van der Waals surface area (Å²) in [5.74, 6) is -0.383. The van der Waals surface area contributed by atoms with Crippen LogP contribution in [0.4, 0.5) is 4.39 Å². The Bertz CT molecular complexity index is 1340. The smallest absolute Gasteiger partial charge is 0.258 e. The Kier molecular flexibility index (Phi) is 7.13. The van der Waals surface area contributed by atoms with Crippen molar-refractivity contribution in [3.8, 4) is 5.75 Å². The minimum atomic E-state index is -0.439. The molecule has 1 aliphatic heterocycles. The van der Waals surface area contributed by atoms with E-state index in [-0.39, 0.29) is 23.9 Å². The highest BCUT2D eigenvalue weighted by atomic mass is 35.5. The number of benzene rings is 1. The van der Waals surface area contributed by atoms with Crippen LogP contribution < -0.4 is 4.74 Å². The van der Waals surface area contributed by atoms with Crippen LogP contribution in [0, 0.1) is 19.7 Å². The maximum atomic E-state index is 14.2. The zero-order valence-electron chi connectivity index (χ0n) is 21.7. The Hall–Kier alpha value is -2.75. The summed E-state index contributed by atoms with van der Waals surface area (Å²) in [5, 5.41) is 14.9. The van der Waals surface area contributed by atoms with Crippen LogP contribution in [0.15, 0.2) is 18.2 Å². The lowest BCUT2D eigenvalue weighted by Gasteiger charge is -2.35. The number of rotatable bonds is 6. The second kappa shape index (κ2) is 10.2. The van der Waals surface area contributed by atoms with Crippen molar-refractivity contribution in [2.45, 2.75) is 77.8 Å². The van der Waals surface area contributed by atoms with E-state index in [0.717, 1.165) is 48.3 Å². The number of aliphatic hydroxyl groups is 1. The van der Waals surface area contributed by atoms with E-state index in [9.17, 15) is 14.3 Å². The van der Waals surface area contributed by atoms with Gasteiger partial charge in [0.2, 0.25) is 0 Å². The van der Waals surface area contributed by atoms with E-state index in [1.165, 1.54) is 18.2 Å². The molecule has 5 rings (SSSR count). The van der Waals surface area contributed by atoms with Crippen LogP contribution in [0.3, 0.4) is 0 Å². The standard InChI is InChI=1S/C27H33ClFN5O3/c1-15(35)12-32(4)19-6-8-20(9-7-19)37-24-11-18(29)5-10-21(24)27(36)33-13-22-23(14-33)31-34-17(3)25(28)16(2)30-26(22)34/h5,10-11,15,19-20,35H,6-9,12-14H2,1-4H3/t15?,19-,20+. The highest BCUT2D eigenvalue weighted by Gasteiger charge is 2.33. The van der Waals surface area contributed by atoms with Gasteiger partial charge in [0.15, 0.2) is 5.65 Å². The van der Waals surface area contributed by atoms with E-state index >= 15 is 0 Å². The molecule has 1 aliphatic carbocycles. The summed E-state index contributed by atoms with van der Waals surface area (Å²) in [6.45, 7) is 6.87. The number of carbonyl (C=O) groups excluding carboxylic acids is 1. The Labute approximate surface area is 221 Å². The van der Waals surface area contributed by atoms with Gasteiger partial charge in [-0.3, -0.25) is 4.79 Å². The summed E-state index contributed by atoms with van der Waals surface area (Å²) >= 11 is 6.35. The number of ether oxygens (including phenoxy) is 1. The lowest BCUT2D eigenvalue weighted by atomic mass is 9.92. The van der Waals surface area contributed by atoms with Crippen LogP contribution in [0.25, 0.3) is 5.65 Å². The molecule has 1 aromatic carbocycles. The molecule has 0 radical (unpaired) electrons. The van der Waals surface area contributed by atoms with Crippen LogP contribution in [-0.2, 0) is 13.1 Å². The summed E-state index contributed by atoms with van der Waals surface area (Å²) in [5.41, 5.74) is 4.28. The van der Waals surface area contributed by atoms with E-state index in [1.807, 2.05) is 20.9 Å². The fourth-order valence-electron chi connectivity index (χ4n) is 5.55. The minimum Gasteiger partial charge on any atom is -0.489 e. The molecule has 198 valence electrons. The summed E-state index contributed by atoms with van der Waals surface area (Å²) < 4.78 is 22.2. The van der Waals surface area contributed by atoms with Gasteiger partial charge in [-0.15, -0.1) is 0 Å². The van der Waals surface area contributed by atoms with Crippen LogP contribution in [0.1, 0.15) is 65.6 Å². The first kappa shape index (κ1) is 25.9. The average Bonchev–Trinajstić information content (AvgIpc) is 3.41. The summed E-state index contributed by atoms with van der Waals surface area (Å²) in [7, 11) is 2.03. The summed E-state index contributed by atoms with van der Waals surface area (Å²) in [6.07, 6.45) is 2.98. The van der Waals surface area contributed by atoms with E-state index < -0.39 is 5.82 Å². The highest BCUT2D eigenvalue weighted by molar-refractivity contribution is 6.31. The van der Waals surface area contributed by atoms with Gasteiger partial charge in [-0.25, -0.2) is 13.9 Å². The van der Waals surface area contributed by atoms with E-state index in [0.29, 0.717) is 41.9 Å². The van der Waals surface area contributed by atoms with Crippen molar-refractivity contribution in [1.82, 2.24) is 24.4 Å². The number of aryl methyl sites for hydroxylation is 2. The quantitative estimate of drug-likeness (QED) is 0.513. The van der Waals surface area contributed by atoms with Gasteiger partial charge in [0, 0.05) is 24.2 Å². The number of aromatic nitrogens is 3. The lowest BCUT2D eigenvalue weighted by Crippen LogP contribution is -2.40. The molecule has 1 fully saturated rings. The minimum absolute atomic E-state index is 0.0931. The van der Waals surface area contributed by atoms with E-state index in [2.05, 4.69) is 15.0 Å². The molecule has 2 aromatic heterocycles. The predicted octanol–water partition coefficient (Wildman–Crippen LogP) is 4.30. The number of amides is 1. The number of fused-ring (bicyclic) bond motifs is 3. The first-order valence-electron chi connectivity index (χ1n) is 12.8. The zero-order valence-corrected chi connectivity index (χ0v) is 22.4. The molecule has 3 aromatic rings. The Morgan fingerprint density at radius 2 is 2.00 bits per heavy atom. The first-order valence-corrected chi connectivity index (χ1v) is 13.2. The van der Waals surface area contributed by atoms with Crippen molar-refractivity contribution in [3.05, 3.63) is 57.2 Å². The van der Waals surface area contributed by atoms with Crippen LogP contribution in [0.2, 0.25) is 5.02 Å². The molecule has 1 atom stereocenters. The van der Waals surface area contributed by atoms with Crippen molar-refractivity contribution < 1.29 is 19.0 Å². The average molecular weight is 530 g/mol. The molecule has 0 saturated heterocycles. The maximum absolute atomic E-state index is 14.2. The van der Waals surface area contributed by atoms with E-state index in [4.69, 9.17) is 16.3 Å². The first-order chi connectivity index (χ1) is 17.6. The van der Waals surface area contributed by atoms with Crippen LogP contribution in [0.5, 0.6) is 5.75 Å². The number of hydrogen-bond acceptors (Lipinski definition) is 6. The van der Waals surface area contributed by atoms with Gasteiger partial charge < -0.3 is 19.6 Å². The van der Waals surface area contributed by atoms with Crippen LogP contribution in [-0.4, -0.2) is 67.3 Å². The van der Waals surface area contributed by atoms with Crippen molar-refractivity contribution in [3.63, 3.8) is 0 Å². The molecule has 1 unspecified atom stereocenters. The van der Waals surface area contributed by atoms with Crippen molar-refractivity contribution >= 4 is 23.2 Å². The monoisotopic (exact) mass is 529 g/mol. The number of likely N-dealkylation sites (N-methyl/N-ethyl adjacent to an activating group) is 1. The normalized spacial score (nSPS) is 20.5. The topological polar surface area (TPSA) is 83.2 Å². The Balaban J connectivity index is 1.30. The number of halogens is 2.